The first-order valence-electron chi connectivity index (χ1n) is 9.00. The van der Waals surface area contributed by atoms with Gasteiger partial charge in [-0.05, 0) is 72.8 Å². The SMILES string of the molecule is C1=Cc2cc3ccc(cc4ccc(cc5nc(cc1n2)C=C5)[nH]4)[nH]3.O=C(O)C(Cl)Cl.[Al]. The van der Waals surface area contributed by atoms with E-state index in [0.29, 0.717) is 0 Å². The topological polar surface area (TPSA) is 94.7 Å². The van der Waals surface area contributed by atoms with E-state index >= 15 is 0 Å². The van der Waals surface area contributed by atoms with Gasteiger partial charge in [0.25, 0.3) is 0 Å². The molecule has 5 heterocycles. The van der Waals surface area contributed by atoms with Crippen molar-refractivity contribution in [2.75, 3.05) is 0 Å². The lowest BCUT2D eigenvalue weighted by atomic mass is 10.3. The number of alkyl halides is 2. The molecule has 3 N–H and O–H groups in total. The van der Waals surface area contributed by atoms with E-state index < -0.39 is 10.8 Å². The predicted molar refractivity (Wildman–Crippen MR) is 128 cm³/mol. The maximum atomic E-state index is 9.44. The lowest BCUT2D eigenvalue weighted by Gasteiger charge is -1.86. The first-order valence-corrected chi connectivity index (χ1v) is 9.87. The lowest BCUT2D eigenvalue weighted by Crippen LogP contribution is -2.03. The molecular formula is C22H16AlCl2N4O2. The first-order chi connectivity index (χ1) is 14.4. The maximum Gasteiger partial charge on any atom is 0.337 e. The van der Waals surface area contributed by atoms with Gasteiger partial charge in [0.05, 0.1) is 22.8 Å². The molecule has 2 aliphatic rings. The molecule has 0 saturated carbocycles. The summed E-state index contributed by atoms with van der Waals surface area (Å²) < 4.78 is 0. The molecule has 6 nitrogen and oxygen atoms in total. The fourth-order valence-electron chi connectivity index (χ4n) is 2.94. The van der Waals surface area contributed by atoms with Crippen molar-refractivity contribution in [2.24, 2.45) is 0 Å². The third-order valence-electron chi connectivity index (χ3n) is 4.23. The summed E-state index contributed by atoms with van der Waals surface area (Å²) in [6, 6.07) is 16.4. The predicted octanol–water partition coefficient (Wildman–Crippen LogP) is 5.15. The molecule has 0 atom stereocenters. The largest absolute Gasteiger partial charge is 0.479 e. The van der Waals surface area contributed by atoms with Crippen LogP contribution in [0.15, 0.2) is 48.5 Å². The van der Waals surface area contributed by atoms with E-state index in [1.165, 1.54) is 0 Å². The van der Waals surface area contributed by atoms with Gasteiger partial charge in [0.1, 0.15) is 0 Å². The van der Waals surface area contributed by atoms with Gasteiger partial charge in [-0.1, -0.05) is 23.2 Å². The highest BCUT2D eigenvalue weighted by molar-refractivity contribution is 6.52. The number of H-pyrrole nitrogens is 2. The average molecular weight is 466 g/mol. The Morgan fingerprint density at radius 3 is 1.39 bits per heavy atom. The Morgan fingerprint density at radius 1 is 0.710 bits per heavy atom. The Bertz CT molecular complexity index is 1240. The summed E-state index contributed by atoms with van der Waals surface area (Å²) >= 11 is 9.56. The fourth-order valence-corrected chi connectivity index (χ4v) is 2.94. The Labute approximate surface area is 198 Å². The molecule has 0 amide bonds. The van der Waals surface area contributed by atoms with Crippen molar-refractivity contribution in [3.8, 4) is 0 Å². The summed E-state index contributed by atoms with van der Waals surface area (Å²) in [6.07, 6.45) is 8.05. The van der Waals surface area contributed by atoms with Crippen LogP contribution in [0.2, 0.25) is 0 Å². The highest BCUT2D eigenvalue weighted by Gasteiger charge is 2.05. The minimum atomic E-state index is -1.29. The monoisotopic (exact) mass is 465 g/mol. The van der Waals surface area contributed by atoms with E-state index in [2.05, 4.69) is 50.3 Å². The highest BCUT2D eigenvalue weighted by atomic mass is 35.5. The zero-order valence-electron chi connectivity index (χ0n) is 16.1. The molecule has 3 radical (unpaired) electrons. The number of halogens is 2. The zero-order chi connectivity index (χ0) is 21.1. The first kappa shape index (κ1) is 22.9. The second-order valence-corrected chi connectivity index (χ2v) is 7.64. The summed E-state index contributed by atoms with van der Waals surface area (Å²) in [7, 11) is 0. The van der Waals surface area contributed by atoms with Crippen LogP contribution < -0.4 is 0 Å². The molecule has 0 aromatic carbocycles. The lowest BCUT2D eigenvalue weighted by molar-refractivity contribution is -0.135. The minimum Gasteiger partial charge on any atom is -0.479 e. The number of aromatic nitrogens is 4. The van der Waals surface area contributed by atoms with Crippen LogP contribution in [0.5, 0.6) is 0 Å². The van der Waals surface area contributed by atoms with E-state index in [0.717, 1.165) is 44.8 Å². The molecule has 31 heavy (non-hydrogen) atoms. The molecular weight excluding hydrogens is 450 g/mol. The number of aliphatic carboxylic acids is 1. The molecule has 0 fully saturated rings. The van der Waals surface area contributed by atoms with Gasteiger partial charge >= 0.3 is 5.97 Å². The van der Waals surface area contributed by atoms with Crippen molar-refractivity contribution in [2.45, 2.75) is 4.84 Å². The summed E-state index contributed by atoms with van der Waals surface area (Å²) in [5, 5.41) is 7.73. The van der Waals surface area contributed by atoms with Crippen molar-refractivity contribution in [1.82, 2.24) is 19.9 Å². The third-order valence-corrected chi connectivity index (χ3v) is 4.60. The number of nitrogens with one attached hydrogen (secondary N) is 2. The van der Waals surface area contributed by atoms with Crippen LogP contribution in [-0.2, 0) is 4.79 Å². The van der Waals surface area contributed by atoms with E-state index in [4.69, 9.17) is 28.3 Å². The van der Waals surface area contributed by atoms with E-state index in [1.54, 1.807) is 0 Å². The molecule has 2 aliphatic heterocycles. The number of carboxylic acids is 1. The van der Waals surface area contributed by atoms with E-state index in [9.17, 15) is 4.79 Å². The number of hydrogen-bond donors (Lipinski definition) is 3. The van der Waals surface area contributed by atoms with Crippen LogP contribution in [0, 0.1) is 0 Å². The molecule has 3 aromatic heterocycles. The number of rotatable bonds is 1. The van der Waals surface area contributed by atoms with Gasteiger partial charge in [-0.25, -0.2) is 14.8 Å². The summed E-state index contributed by atoms with van der Waals surface area (Å²) in [5.74, 6) is -1.21. The molecule has 9 heteroatoms. The number of carboxylic acid groups (broad SMARTS) is 1. The third kappa shape index (κ3) is 6.09. The minimum absolute atomic E-state index is 0. The molecule has 8 bridgehead atoms. The second-order valence-electron chi connectivity index (χ2n) is 6.54. The van der Waals surface area contributed by atoms with Crippen molar-refractivity contribution in [1.29, 1.82) is 0 Å². The molecule has 3 aromatic rings. The summed E-state index contributed by atoms with van der Waals surface area (Å²) in [4.78, 5) is 24.2. The molecule has 0 spiro atoms. The highest BCUT2D eigenvalue weighted by Crippen LogP contribution is 2.17. The fraction of sp³-hybridized carbons (Fsp3) is 0.0455. The number of carbonyl (C=O) groups is 1. The second kappa shape index (κ2) is 9.99. The normalized spacial score (nSPS) is 11.6. The van der Waals surface area contributed by atoms with Crippen LogP contribution in [0.1, 0.15) is 22.8 Å². The summed E-state index contributed by atoms with van der Waals surface area (Å²) in [6.45, 7) is 0. The van der Waals surface area contributed by atoms with Crippen molar-refractivity contribution in [3.05, 3.63) is 71.3 Å². The number of aromatic amines is 2. The van der Waals surface area contributed by atoms with Gasteiger partial charge in [-0.3, -0.25) is 0 Å². The molecule has 0 unspecified atom stereocenters. The molecule has 5 rings (SSSR count). The van der Waals surface area contributed by atoms with E-state index in [1.807, 2.05) is 42.5 Å². The Hall–Kier alpha value is -2.82. The number of hydrogen-bond acceptors (Lipinski definition) is 3. The van der Waals surface area contributed by atoms with Crippen molar-refractivity contribution >= 4 is 92.9 Å². The number of nitrogens with zero attached hydrogens (tertiary/aromatic N) is 2. The van der Waals surface area contributed by atoms with Gasteiger partial charge in [0, 0.05) is 39.4 Å². The van der Waals surface area contributed by atoms with Crippen LogP contribution >= 0.6 is 23.2 Å². The van der Waals surface area contributed by atoms with Gasteiger partial charge in [0.2, 0.25) is 4.84 Å². The smallest absolute Gasteiger partial charge is 0.337 e. The van der Waals surface area contributed by atoms with Crippen molar-refractivity contribution < 1.29 is 9.90 Å². The molecule has 0 aliphatic carbocycles. The quantitative estimate of drug-likeness (QED) is 0.235. The molecule has 153 valence electrons. The molecule has 0 saturated heterocycles. The Morgan fingerprint density at radius 2 is 1.03 bits per heavy atom. The standard InChI is InChI=1S/C20H14N4.C2H2Cl2O2.Al/c1-2-14-10-16-5-6-18(23-16)12-20-8-7-19(24-20)11-17-4-3-15(22-17)9-13(1)21-14;3-1(4)2(5)6;/h1-12,21-22H;1H,(H,5,6);. The van der Waals surface area contributed by atoms with Crippen LogP contribution in [0.4, 0.5) is 0 Å². The van der Waals surface area contributed by atoms with Crippen LogP contribution in [0.3, 0.4) is 0 Å². The van der Waals surface area contributed by atoms with Gasteiger partial charge < -0.3 is 15.1 Å². The van der Waals surface area contributed by atoms with Gasteiger partial charge in [0.15, 0.2) is 0 Å². The van der Waals surface area contributed by atoms with Crippen LogP contribution in [-0.4, -0.2) is 53.2 Å². The Balaban J connectivity index is 0.000000346. The van der Waals surface area contributed by atoms with Crippen molar-refractivity contribution in [3.63, 3.8) is 0 Å². The summed E-state index contributed by atoms with van der Waals surface area (Å²) in [5.41, 5.74) is 7.86. The maximum absolute atomic E-state index is 9.44. The van der Waals surface area contributed by atoms with Gasteiger partial charge in [-0.15, -0.1) is 0 Å². The van der Waals surface area contributed by atoms with Crippen LogP contribution in [0.25, 0.3) is 46.4 Å². The number of fused-ring (bicyclic) bond motifs is 8. The average Bonchev–Trinajstić information content (AvgIpc) is 3.47. The van der Waals surface area contributed by atoms with Gasteiger partial charge in [-0.2, -0.15) is 0 Å². The van der Waals surface area contributed by atoms with E-state index in [-0.39, 0.29) is 17.4 Å². The Kier molecular flexibility index (Phi) is 7.37. The zero-order valence-corrected chi connectivity index (χ0v) is 18.8.